The van der Waals surface area contributed by atoms with Crippen molar-refractivity contribution in [3.63, 3.8) is 0 Å². The van der Waals surface area contributed by atoms with Crippen LogP contribution >= 0.6 is 0 Å². The third kappa shape index (κ3) is 3.94. The largest absolute Gasteiger partial charge is 0.497 e. The van der Waals surface area contributed by atoms with E-state index in [1.807, 2.05) is 54.6 Å². The molecular weight excluding hydrogens is 410 g/mol. The van der Waals surface area contributed by atoms with Crippen LogP contribution in [0, 0.1) is 0 Å². The van der Waals surface area contributed by atoms with E-state index in [0.29, 0.717) is 11.6 Å². The van der Waals surface area contributed by atoms with Crippen LogP contribution in [0.15, 0.2) is 70.5 Å². The van der Waals surface area contributed by atoms with Gasteiger partial charge in [0, 0.05) is 16.8 Å². The summed E-state index contributed by atoms with van der Waals surface area (Å²) in [4.78, 5) is 8.83. The molecule has 32 heavy (non-hydrogen) atoms. The lowest BCUT2D eigenvalue weighted by atomic mass is 10.1. The third-order valence-electron chi connectivity index (χ3n) is 4.57. The first kappa shape index (κ1) is 19.2. The molecule has 2 aromatic carbocycles. The molecule has 0 atom stereocenters. The van der Waals surface area contributed by atoms with Gasteiger partial charge in [0.25, 0.3) is 0 Å². The van der Waals surface area contributed by atoms with E-state index < -0.39 is 0 Å². The van der Waals surface area contributed by atoms with Gasteiger partial charge < -0.3 is 10.1 Å². The molecule has 3 aromatic heterocycles. The average molecular weight is 427 g/mol. The molecule has 0 radical (unpaired) electrons. The van der Waals surface area contributed by atoms with Crippen molar-refractivity contribution in [1.82, 2.24) is 30.5 Å². The van der Waals surface area contributed by atoms with Crippen molar-refractivity contribution in [2.75, 3.05) is 17.9 Å². The monoisotopic (exact) mass is 427 g/mol. The van der Waals surface area contributed by atoms with Gasteiger partial charge >= 0.3 is 0 Å². The van der Waals surface area contributed by atoms with E-state index in [-0.39, 0.29) is 11.3 Å². The molecule has 5 aromatic rings. The molecule has 0 amide bonds. The molecule has 0 bridgehead atoms. The number of ether oxygens (including phenoxy) is 1. The van der Waals surface area contributed by atoms with E-state index in [1.165, 1.54) is 0 Å². The maximum absolute atomic E-state index is 5.19. The zero-order chi connectivity index (χ0) is 21.8. The van der Waals surface area contributed by atoms with Crippen molar-refractivity contribution in [2.24, 2.45) is 5.10 Å². The Morgan fingerprint density at radius 3 is 2.47 bits per heavy atom. The highest BCUT2D eigenvalue weighted by Crippen LogP contribution is 2.25. The normalized spacial score (nSPS) is 11.2. The summed E-state index contributed by atoms with van der Waals surface area (Å²) in [5, 5.41) is 22.1. The number of hydrogen-bond acceptors (Lipinski definition) is 10. The molecule has 0 fully saturated rings. The van der Waals surface area contributed by atoms with Gasteiger partial charge in [0.05, 0.1) is 25.2 Å². The number of aromatic nitrogens is 6. The van der Waals surface area contributed by atoms with Gasteiger partial charge in [0.15, 0.2) is 11.6 Å². The molecule has 0 spiro atoms. The summed E-state index contributed by atoms with van der Waals surface area (Å²) in [5.74, 6) is 1.51. The molecule has 3 heterocycles. The summed E-state index contributed by atoms with van der Waals surface area (Å²) < 4.78 is 9.93. The number of nitrogens with one attached hydrogen (secondary N) is 3. The van der Waals surface area contributed by atoms with E-state index in [2.05, 4.69) is 46.3 Å². The summed E-state index contributed by atoms with van der Waals surface area (Å²) in [6.45, 7) is 0. The second kappa shape index (κ2) is 8.52. The average Bonchev–Trinajstić information content (AvgIpc) is 3.49. The van der Waals surface area contributed by atoms with Gasteiger partial charge in [0.2, 0.25) is 11.3 Å². The van der Waals surface area contributed by atoms with Crippen molar-refractivity contribution < 1.29 is 9.37 Å². The molecule has 0 unspecified atom stereocenters. The van der Waals surface area contributed by atoms with Crippen molar-refractivity contribution in [1.29, 1.82) is 0 Å². The summed E-state index contributed by atoms with van der Waals surface area (Å²) in [5.41, 5.74) is 6.90. The van der Waals surface area contributed by atoms with Crippen molar-refractivity contribution in [3.05, 3.63) is 66.4 Å². The minimum atomic E-state index is 0.260. The van der Waals surface area contributed by atoms with E-state index in [1.54, 1.807) is 19.5 Å². The van der Waals surface area contributed by atoms with Crippen LogP contribution < -0.4 is 15.5 Å². The number of aromatic amines is 1. The highest BCUT2D eigenvalue weighted by molar-refractivity contribution is 5.89. The predicted octanol–water partition coefficient (Wildman–Crippen LogP) is 3.60. The lowest BCUT2D eigenvalue weighted by Gasteiger charge is -2.09. The molecule has 0 aliphatic carbocycles. The minimum Gasteiger partial charge on any atom is -0.497 e. The molecule has 0 saturated carbocycles. The topological polar surface area (TPSA) is 139 Å². The number of hydrazone groups is 1. The van der Waals surface area contributed by atoms with Crippen molar-refractivity contribution in [2.45, 2.75) is 0 Å². The van der Waals surface area contributed by atoms with Crippen LogP contribution in [0.4, 0.5) is 17.3 Å². The highest BCUT2D eigenvalue weighted by atomic mass is 16.6. The molecule has 158 valence electrons. The Bertz CT molecular complexity index is 1360. The van der Waals surface area contributed by atoms with Gasteiger partial charge in [-0.25, -0.2) is 9.61 Å². The van der Waals surface area contributed by atoms with Crippen LogP contribution in [0.5, 0.6) is 5.75 Å². The SMILES string of the molecule is COc1ccc(Nc2nc3nonc3nc2N/N=C/c2cn[nH]c2-c2ccccc2)cc1. The fourth-order valence-corrected chi connectivity index (χ4v) is 3.01. The molecule has 0 saturated heterocycles. The number of methoxy groups -OCH3 is 1. The van der Waals surface area contributed by atoms with Gasteiger partial charge in [-0.15, -0.1) is 0 Å². The third-order valence-corrected chi connectivity index (χ3v) is 4.57. The van der Waals surface area contributed by atoms with Crippen molar-refractivity contribution in [3.8, 4) is 17.0 Å². The molecular formula is C21H17N9O2. The maximum Gasteiger partial charge on any atom is 0.245 e. The zero-order valence-electron chi connectivity index (χ0n) is 16.9. The quantitative estimate of drug-likeness (QED) is 0.262. The Hall–Kier alpha value is -4.80. The van der Waals surface area contributed by atoms with Crippen LogP contribution in [0.1, 0.15) is 5.56 Å². The van der Waals surface area contributed by atoms with E-state index in [4.69, 9.17) is 9.37 Å². The fourth-order valence-electron chi connectivity index (χ4n) is 3.01. The van der Waals surface area contributed by atoms with Crippen LogP contribution in [0.3, 0.4) is 0 Å². The number of benzene rings is 2. The minimum absolute atomic E-state index is 0.260. The van der Waals surface area contributed by atoms with E-state index in [0.717, 1.165) is 28.3 Å². The number of hydrogen-bond donors (Lipinski definition) is 3. The Morgan fingerprint density at radius 1 is 0.969 bits per heavy atom. The summed E-state index contributed by atoms with van der Waals surface area (Å²) in [6.07, 6.45) is 3.34. The highest BCUT2D eigenvalue weighted by Gasteiger charge is 2.13. The molecule has 0 aliphatic rings. The first-order chi connectivity index (χ1) is 15.8. The first-order valence-electron chi connectivity index (χ1n) is 9.59. The standard InChI is InChI=1S/C21H17N9O2/c1-31-16-9-7-15(8-10-16)24-18-19(26-21-20(25-18)29-32-30-21)28-23-12-14-11-22-27-17(14)13-5-3-2-4-6-13/h2-12H,1H3,(H,22,27)(H,24,25,29)(H,26,28,30)/b23-12+. The van der Waals surface area contributed by atoms with Crippen LogP contribution in [0.25, 0.3) is 22.6 Å². The second-order valence-corrected chi connectivity index (χ2v) is 6.62. The molecule has 0 aliphatic heterocycles. The number of H-pyrrole nitrogens is 1. The van der Waals surface area contributed by atoms with Crippen LogP contribution in [-0.4, -0.2) is 43.8 Å². The van der Waals surface area contributed by atoms with Gasteiger partial charge in [-0.2, -0.15) is 15.2 Å². The summed E-state index contributed by atoms with van der Waals surface area (Å²) >= 11 is 0. The van der Waals surface area contributed by atoms with Gasteiger partial charge in [0.1, 0.15) is 5.75 Å². The number of fused-ring (bicyclic) bond motifs is 1. The fraction of sp³-hybridized carbons (Fsp3) is 0.0476. The van der Waals surface area contributed by atoms with Gasteiger partial charge in [-0.3, -0.25) is 10.5 Å². The zero-order valence-corrected chi connectivity index (χ0v) is 16.9. The Balaban J connectivity index is 1.41. The maximum atomic E-state index is 5.19. The van der Waals surface area contributed by atoms with Crippen LogP contribution in [0.2, 0.25) is 0 Å². The lowest BCUT2D eigenvalue weighted by molar-refractivity contribution is 0.314. The molecule has 5 rings (SSSR count). The Kier molecular flexibility index (Phi) is 5.10. The summed E-state index contributed by atoms with van der Waals surface area (Å²) in [7, 11) is 1.61. The smallest absolute Gasteiger partial charge is 0.245 e. The lowest BCUT2D eigenvalue weighted by Crippen LogP contribution is -2.03. The number of nitrogens with zero attached hydrogens (tertiary/aromatic N) is 6. The first-order valence-corrected chi connectivity index (χ1v) is 9.59. The molecule has 11 heteroatoms. The Morgan fingerprint density at radius 2 is 1.72 bits per heavy atom. The van der Waals surface area contributed by atoms with Crippen molar-refractivity contribution >= 4 is 34.8 Å². The van der Waals surface area contributed by atoms with Crippen LogP contribution in [-0.2, 0) is 0 Å². The predicted molar refractivity (Wildman–Crippen MR) is 119 cm³/mol. The van der Waals surface area contributed by atoms with Gasteiger partial charge in [-0.05, 0) is 34.6 Å². The van der Waals surface area contributed by atoms with E-state index in [9.17, 15) is 0 Å². The Labute approximate surface area is 181 Å². The summed E-state index contributed by atoms with van der Waals surface area (Å²) in [6, 6.07) is 17.3. The molecule has 11 nitrogen and oxygen atoms in total. The number of anilines is 3. The van der Waals surface area contributed by atoms with Gasteiger partial charge in [-0.1, -0.05) is 30.3 Å². The van der Waals surface area contributed by atoms with E-state index >= 15 is 0 Å². The number of rotatable bonds is 7. The molecule has 3 N–H and O–H groups in total. The second-order valence-electron chi connectivity index (χ2n) is 6.62.